The first-order valence-corrected chi connectivity index (χ1v) is 9.91. The minimum absolute atomic E-state index is 0.0764. The fraction of sp³-hybridized carbons (Fsp3) is 0.562. The van der Waals surface area contributed by atoms with Gasteiger partial charge >= 0.3 is 0 Å². The van der Waals surface area contributed by atoms with Crippen LogP contribution in [0.2, 0.25) is 5.02 Å². The second-order valence-corrected chi connectivity index (χ2v) is 8.25. The Kier molecular flexibility index (Phi) is 6.44. The number of piperazine rings is 1. The van der Waals surface area contributed by atoms with Gasteiger partial charge in [0.1, 0.15) is 0 Å². The molecule has 1 aliphatic rings. The first kappa shape index (κ1) is 18.2. The van der Waals surface area contributed by atoms with E-state index in [0.29, 0.717) is 50.5 Å². The average Bonchev–Trinajstić information content (AvgIpc) is 2.54. The number of hydrogen-bond acceptors (Lipinski definition) is 3. The minimum Gasteiger partial charge on any atom is -0.340 e. The topological polar surface area (TPSA) is 57.7 Å². The number of amides is 1. The number of hydrogen-bond donors (Lipinski definition) is 0. The van der Waals surface area contributed by atoms with Crippen molar-refractivity contribution < 1.29 is 13.2 Å². The molecule has 23 heavy (non-hydrogen) atoms. The van der Waals surface area contributed by atoms with Gasteiger partial charge in [-0.05, 0) is 30.5 Å². The van der Waals surface area contributed by atoms with Crippen molar-refractivity contribution in [2.24, 2.45) is 0 Å². The van der Waals surface area contributed by atoms with Gasteiger partial charge in [-0.3, -0.25) is 4.79 Å². The predicted octanol–water partition coefficient (Wildman–Crippen LogP) is 2.16. The van der Waals surface area contributed by atoms with Crippen molar-refractivity contribution in [3.8, 4) is 0 Å². The van der Waals surface area contributed by atoms with Gasteiger partial charge in [-0.25, -0.2) is 8.42 Å². The standard InChI is InChI=1S/C16H23ClN2O3S/c1-2-13-23(21,22)19-11-9-18(10-12-19)16(20)8-5-14-3-6-15(17)7-4-14/h3-4,6-7H,2,5,8-13H2,1H3. The maximum Gasteiger partial charge on any atom is 0.222 e. The van der Waals surface area contributed by atoms with Crippen molar-refractivity contribution in [3.05, 3.63) is 34.9 Å². The van der Waals surface area contributed by atoms with Gasteiger partial charge in [-0.2, -0.15) is 4.31 Å². The molecule has 128 valence electrons. The molecule has 2 rings (SSSR count). The summed E-state index contributed by atoms with van der Waals surface area (Å²) >= 11 is 5.84. The van der Waals surface area contributed by atoms with Crippen molar-refractivity contribution in [1.82, 2.24) is 9.21 Å². The minimum atomic E-state index is -3.16. The predicted molar refractivity (Wildman–Crippen MR) is 92.0 cm³/mol. The quantitative estimate of drug-likeness (QED) is 0.783. The summed E-state index contributed by atoms with van der Waals surface area (Å²) in [5.74, 6) is 0.254. The molecule has 0 aromatic heterocycles. The van der Waals surface area contributed by atoms with Gasteiger partial charge in [0.15, 0.2) is 0 Å². The van der Waals surface area contributed by atoms with Gasteiger partial charge in [0.25, 0.3) is 0 Å². The summed E-state index contributed by atoms with van der Waals surface area (Å²) in [6, 6.07) is 7.48. The van der Waals surface area contributed by atoms with Crippen LogP contribution in [0, 0.1) is 0 Å². The molecule has 1 aromatic carbocycles. The molecule has 1 heterocycles. The molecule has 1 amide bonds. The fourth-order valence-corrected chi connectivity index (χ4v) is 4.28. The highest BCUT2D eigenvalue weighted by Crippen LogP contribution is 2.13. The molecule has 0 saturated carbocycles. The summed E-state index contributed by atoms with van der Waals surface area (Å²) in [7, 11) is -3.16. The van der Waals surface area contributed by atoms with E-state index >= 15 is 0 Å². The van der Waals surface area contributed by atoms with E-state index in [1.807, 2.05) is 31.2 Å². The summed E-state index contributed by atoms with van der Waals surface area (Å²) in [5.41, 5.74) is 1.08. The molecule has 7 heteroatoms. The smallest absolute Gasteiger partial charge is 0.222 e. The Morgan fingerprint density at radius 2 is 1.74 bits per heavy atom. The average molecular weight is 359 g/mol. The molecule has 0 N–H and O–H groups in total. The van der Waals surface area contributed by atoms with Crippen molar-refractivity contribution in [1.29, 1.82) is 0 Å². The SMILES string of the molecule is CCCS(=O)(=O)N1CCN(C(=O)CCc2ccc(Cl)cc2)CC1. The zero-order valence-corrected chi connectivity index (χ0v) is 14.9. The van der Waals surface area contributed by atoms with Crippen LogP contribution in [0.15, 0.2) is 24.3 Å². The number of nitrogens with zero attached hydrogens (tertiary/aromatic N) is 2. The molecule has 0 aliphatic carbocycles. The van der Waals surface area contributed by atoms with Gasteiger partial charge in [0.2, 0.25) is 15.9 Å². The number of aryl methyl sites for hydroxylation is 1. The summed E-state index contributed by atoms with van der Waals surface area (Å²) < 4.78 is 25.5. The van der Waals surface area contributed by atoms with Crippen LogP contribution >= 0.6 is 11.6 Å². The van der Waals surface area contributed by atoms with Gasteiger partial charge in [-0.15, -0.1) is 0 Å². The molecule has 5 nitrogen and oxygen atoms in total. The lowest BCUT2D eigenvalue weighted by molar-refractivity contribution is -0.132. The van der Waals surface area contributed by atoms with Crippen molar-refractivity contribution in [3.63, 3.8) is 0 Å². The summed E-state index contributed by atoms with van der Waals surface area (Å²) in [6.07, 6.45) is 1.72. The Morgan fingerprint density at radius 3 is 2.30 bits per heavy atom. The van der Waals surface area contributed by atoms with Crippen LogP contribution in [0.5, 0.6) is 0 Å². The summed E-state index contributed by atoms with van der Waals surface area (Å²) in [4.78, 5) is 14.0. The zero-order valence-electron chi connectivity index (χ0n) is 13.4. The van der Waals surface area contributed by atoms with E-state index in [1.54, 1.807) is 4.90 Å². The largest absolute Gasteiger partial charge is 0.340 e. The van der Waals surface area contributed by atoms with E-state index in [0.717, 1.165) is 5.56 Å². The Balaban J connectivity index is 1.80. The second-order valence-electron chi connectivity index (χ2n) is 5.72. The van der Waals surface area contributed by atoms with E-state index in [9.17, 15) is 13.2 Å². The van der Waals surface area contributed by atoms with Crippen LogP contribution < -0.4 is 0 Å². The van der Waals surface area contributed by atoms with Crippen LogP contribution in [0.4, 0.5) is 0 Å². The third kappa shape index (κ3) is 5.19. The lowest BCUT2D eigenvalue weighted by Gasteiger charge is -2.34. The molecule has 0 unspecified atom stereocenters. The number of halogens is 1. The van der Waals surface area contributed by atoms with Crippen LogP contribution in [0.3, 0.4) is 0 Å². The molecule has 1 saturated heterocycles. The third-order valence-electron chi connectivity index (χ3n) is 3.99. The lowest BCUT2D eigenvalue weighted by Crippen LogP contribution is -2.51. The lowest BCUT2D eigenvalue weighted by atomic mass is 10.1. The number of benzene rings is 1. The van der Waals surface area contributed by atoms with Crippen LogP contribution in [-0.2, 0) is 21.2 Å². The summed E-state index contributed by atoms with van der Waals surface area (Å²) in [5, 5.41) is 0.685. The van der Waals surface area contributed by atoms with Crippen LogP contribution in [-0.4, -0.2) is 55.5 Å². The Morgan fingerprint density at radius 1 is 1.13 bits per heavy atom. The maximum atomic E-state index is 12.3. The molecule has 0 bridgehead atoms. The maximum absolute atomic E-state index is 12.3. The second kappa shape index (κ2) is 8.13. The van der Waals surface area contributed by atoms with E-state index < -0.39 is 10.0 Å². The number of carbonyl (C=O) groups is 1. The molecule has 0 atom stereocenters. The number of rotatable bonds is 6. The molecule has 0 radical (unpaired) electrons. The Labute approximate surface area is 143 Å². The molecule has 1 aliphatic heterocycles. The van der Waals surface area contributed by atoms with Gasteiger partial charge in [-0.1, -0.05) is 30.7 Å². The van der Waals surface area contributed by atoms with E-state index in [2.05, 4.69) is 0 Å². The molecule has 1 aromatic rings. The highest BCUT2D eigenvalue weighted by molar-refractivity contribution is 7.89. The number of carbonyl (C=O) groups excluding carboxylic acids is 1. The van der Waals surface area contributed by atoms with Crippen molar-refractivity contribution in [2.45, 2.75) is 26.2 Å². The zero-order chi connectivity index (χ0) is 16.9. The van der Waals surface area contributed by atoms with Crippen LogP contribution in [0.1, 0.15) is 25.3 Å². The third-order valence-corrected chi connectivity index (χ3v) is 6.32. The van der Waals surface area contributed by atoms with Gasteiger partial charge < -0.3 is 4.90 Å². The number of sulfonamides is 1. The van der Waals surface area contributed by atoms with Gasteiger partial charge in [0.05, 0.1) is 5.75 Å². The fourth-order valence-electron chi connectivity index (χ4n) is 2.66. The Bertz CT molecular complexity index is 623. The highest BCUT2D eigenvalue weighted by Gasteiger charge is 2.27. The molecule has 1 fully saturated rings. The van der Waals surface area contributed by atoms with Crippen LogP contribution in [0.25, 0.3) is 0 Å². The molecule has 0 spiro atoms. The van der Waals surface area contributed by atoms with Gasteiger partial charge in [0, 0.05) is 37.6 Å². The normalized spacial score (nSPS) is 16.5. The monoisotopic (exact) mass is 358 g/mol. The Hall–Kier alpha value is -1.11. The van der Waals surface area contributed by atoms with Crippen molar-refractivity contribution in [2.75, 3.05) is 31.9 Å². The van der Waals surface area contributed by atoms with E-state index in [1.165, 1.54) is 4.31 Å². The summed E-state index contributed by atoms with van der Waals surface area (Å²) in [6.45, 7) is 3.60. The van der Waals surface area contributed by atoms with E-state index in [-0.39, 0.29) is 11.7 Å². The molecular weight excluding hydrogens is 336 g/mol. The van der Waals surface area contributed by atoms with Crippen molar-refractivity contribution >= 4 is 27.5 Å². The first-order valence-electron chi connectivity index (χ1n) is 7.92. The molecular formula is C16H23ClN2O3S. The van der Waals surface area contributed by atoms with E-state index in [4.69, 9.17) is 11.6 Å². The highest BCUT2D eigenvalue weighted by atomic mass is 35.5. The first-order chi connectivity index (χ1) is 10.9.